The Kier molecular flexibility index (Phi) is 7.12. The summed E-state index contributed by atoms with van der Waals surface area (Å²) in [6, 6.07) is 16.2. The standard InChI is InChI=1S/C22H25N3OS2/c1-4-25(16(2)3)19-11-9-17(10-12-19)24-22(26)20-7-5-6-8-21(20)28-14-18-13-27-15-23-18/h5-13,15-16H,4,14H2,1-3H3,(H,24,26). The van der Waals surface area contributed by atoms with E-state index in [1.165, 1.54) is 0 Å². The van der Waals surface area contributed by atoms with Gasteiger partial charge in [-0.25, -0.2) is 4.98 Å². The number of carbonyl (C=O) groups is 1. The first-order valence-electron chi connectivity index (χ1n) is 9.35. The second kappa shape index (κ2) is 9.75. The number of thioether (sulfide) groups is 1. The molecular weight excluding hydrogens is 386 g/mol. The van der Waals surface area contributed by atoms with Gasteiger partial charge in [0.1, 0.15) is 0 Å². The maximum absolute atomic E-state index is 12.8. The minimum absolute atomic E-state index is 0.0923. The van der Waals surface area contributed by atoms with Crippen LogP contribution in [0.4, 0.5) is 11.4 Å². The van der Waals surface area contributed by atoms with Gasteiger partial charge in [0.2, 0.25) is 0 Å². The molecule has 28 heavy (non-hydrogen) atoms. The van der Waals surface area contributed by atoms with E-state index < -0.39 is 0 Å². The average molecular weight is 412 g/mol. The van der Waals surface area contributed by atoms with E-state index in [2.05, 4.69) is 48.1 Å². The third-order valence-electron chi connectivity index (χ3n) is 4.41. The minimum Gasteiger partial charge on any atom is -0.369 e. The number of thiazole rings is 1. The fourth-order valence-electron chi connectivity index (χ4n) is 3.02. The number of benzene rings is 2. The summed E-state index contributed by atoms with van der Waals surface area (Å²) in [5, 5.41) is 5.06. The van der Waals surface area contributed by atoms with Crippen molar-refractivity contribution >= 4 is 40.4 Å². The molecule has 0 bridgehead atoms. The Morgan fingerprint density at radius 3 is 2.57 bits per heavy atom. The number of hydrogen-bond acceptors (Lipinski definition) is 5. The smallest absolute Gasteiger partial charge is 0.256 e. The number of amides is 1. The molecule has 4 nitrogen and oxygen atoms in total. The maximum atomic E-state index is 12.8. The zero-order chi connectivity index (χ0) is 19.9. The molecule has 1 amide bonds. The molecule has 0 fully saturated rings. The third-order valence-corrected chi connectivity index (χ3v) is 6.15. The van der Waals surface area contributed by atoms with Gasteiger partial charge in [0.25, 0.3) is 5.91 Å². The normalized spacial score (nSPS) is 10.9. The first-order chi connectivity index (χ1) is 13.6. The summed E-state index contributed by atoms with van der Waals surface area (Å²) >= 11 is 3.22. The van der Waals surface area contributed by atoms with E-state index in [0.29, 0.717) is 11.6 Å². The van der Waals surface area contributed by atoms with Crippen LogP contribution >= 0.6 is 23.1 Å². The molecule has 6 heteroatoms. The number of carbonyl (C=O) groups excluding carboxylic acids is 1. The van der Waals surface area contributed by atoms with Crippen molar-refractivity contribution in [2.75, 3.05) is 16.8 Å². The monoisotopic (exact) mass is 411 g/mol. The lowest BCUT2D eigenvalue weighted by Gasteiger charge is -2.27. The summed E-state index contributed by atoms with van der Waals surface area (Å²) < 4.78 is 0. The van der Waals surface area contributed by atoms with Crippen LogP contribution in [-0.2, 0) is 5.75 Å². The largest absolute Gasteiger partial charge is 0.369 e. The molecule has 0 aliphatic carbocycles. The van der Waals surface area contributed by atoms with Crippen LogP contribution in [0.5, 0.6) is 0 Å². The second-order valence-corrected chi connectivity index (χ2v) is 8.38. The van der Waals surface area contributed by atoms with Crippen molar-refractivity contribution < 1.29 is 4.79 Å². The van der Waals surface area contributed by atoms with E-state index in [9.17, 15) is 4.79 Å². The number of aromatic nitrogens is 1. The molecule has 2 aromatic carbocycles. The Bertz CT molecular complexity index is 892. The zero-order valence-electron chi connectivity index (χ0n) is 16.4. The lowest BCUT2D eigenvalue weighted by atomic mass is 10.2. The van der Waals surface area contributed by atoms with Gasteiger partial charge in [-0.1, -0.05) is 12.1 Å². The Balaban J connectivity index is 1.69. The highest BCUT2D eigenvalue weighted by Gasteiger charge is 2.13. The fourth-order valence-corrected chi connectivity index (χ4v) is 4.64. The summed E-state index contributed by atoms with van der Waals surface area (Å²) in [4.78, 5) is 20.4. The molecule has 0 unspecified atom stereocenters. The van der Waals surface area contributed by atoms with Crippen LogP contribution in [0.25, 0.3) is 0 Å². The van der Waals surface area contributed by atoms with Crippen LogP contribution in [0.15, 0.2) is 64.3 Å². The zero-order valence-corrected chi connectivity index (χ0v) is 18.0. The number of anilines is 2. The van der Waals surface area contributed by atoms with Crippen molar-refractivity contribution in [2.45, 2.75) is 37.5 Å². The molecule has 0 aliphatic rings. The van der Waals surface area contributed by atoms with Gasteiger partial charge in [0.05, 0.1) is 16.8 Å². The molecule has 0 aliphatic heterocycles. The van der Waals surface area contributed by atoms with Crippen LogP contribution in [0.3, 0.4) is 0 Å². The van der Waals surface area contributed by atoms with Gasteiger partial charge in [0, 0.05) is 40.0 Å². The Hall–Kier alpha value is -2.31. The van der Waals surface area contributed by atoms with Crippen molar-refractivity contribution in [3.63, 3.8) is 0 Å². The molecule has 1 N–H and O–H groups in total. The topological polar surface area (TPSA) is 45.2 Å². The van der Waals surface area contributed by atoms with Gasteiger partial charge in [-0.15, -0.1) is 23.1 Å². The molecule has 0 spiro atoms. The molecule has 0 radical (unpaired) electrons. The van der Waals surface area contributed by atoms with Crippen molar-refractivity contribution in [1.82, 2.24) is 4.98 Å². The lowest BCUT2D eigenvalue weighted by molar-refractivity contribution is 0.102. The van der Waals surface area contributed by atoms with Crippen LogP contribution in [-0.4, -0.2) is 23.5 Å². The van der Waals surface area contributed by atoms with E-state index in [-0.39, 0.29) is 5.91 Å². The molecule has 0 atom stereocenters. The fraction of sp³-hybridized carbons (Fsp3) is 0.273. The summed E-state index contributed by atoms with van der Waals surface area (Å²) in [5.74, 6) is 0.662. The predicted octanol–water partition coefficient (Wildman–Crippen LogP) is 5.92. The Labute approximate surface area is 175 Å². The van der Waals surface area contributed by atoms with Gasteiger partial charge in [0.15, 0.2) is 0 Å². The summed E-state index contributed by atoms with van der Waals surface area (Å²) in [6.07, 6.45) is 0. The first kappa shape index (κ1) is 20.4. The lowest BCUT2D eigenvalue weighted by Crippen LogP contribution is -2.30. The molecule has 3 aromatic rings. The van der Waals surface area contributed by atoms with Gasteiger partial charge in [-0.05, 0) is 57.2 Å². The second-order valence-electron chi connectivity index (χ2n) is 6.65. The predicted molar refractivity (Wildman–Crippen MR) is 121 cm³/mol. The van der Waals surface area contributed by atoms with E-state index in [1.54, 1.807) is 23.1 Å². The van der Waals surface area contributed by atoms with Crippen molar-refractivity contribution in [3.8, 4) is 0 Å². The SMILES string of the molecule is CCN(c1ccc(NC(=O)c2ccccc2SCc2cscn2)cc1)C(C)C. The number of hydrogen-bond donors (Lipinski definition) is 1. The molecule has 146 valence electrons. The molecule has 0 saturated carbocycles. The van der Waals surface area contributed by atoms with Crippen molar-refractivity contribution in [2.24, 2.45) is 0 Å². The van der Waals surface area contributed by atoms with E-state index in [4.69, 9.17) is 0 Å². The number of nitrogens with zero attached hydrogens (tertiary/aromatic N) is 2. The Morgan fingerprint density at radius 1 is 1.18 bits per heavy atom. The van der Waals surface area contributed by atoms with Gasteiger partial charge in [-0.2, -0.15) is 0 Å². The summed E-state index contributed by atoms with van der Waals surface area (Å²) in [5.41, 5.74) is 5.51. The van der Waals surface area contributed by atoms with Crippen LogP contribution in [0, 0.1) is 0 Å². The first-order valence-corrected chi connectivity index (χ1v) is 11.3. The van der Waals surface area contributed by atoms with Crippen LogP contribution < -0.4 is 10.2 Å². The van der Waals surface area contributed by atoms with Crippen molar-refractivity contribution in [3.05, 3.63) is 70.7 Å². The average Bonchev–Trinajstić information content (AvgIpc) is 3.22. The van der Waals surface area contributed by atoms with Gasteiger partial charge < -0.3 is 10.2 Å². The van der Waals surface area contributed by atoms with Gasteiger partial charge in [-0.3, -0.25) is 4.79 Å². The van der Waals surface area contributed by atoms with Crippen LogP contribution in [0.1, 0.15) is 36.8 Å². The Morgan fingerprint density at radius 2 is 1.93 bits per heavy atom. The molecule has 1 aromatic heterocycles. The maximum Gasteiger partial charge on any atom is 0.256 e. The van der Waals surface area contributed by atoms with E-state index in [1.807, 2.05) is 47.3 Å². The number of nitrogens with one attached hydrogen (secondary N) is 1. The minimum atomic E-state index is -0.0923. The van der Waals surface area contributed by atoms with Crippen molar-refractivity contribution in [1.29, 1.82) is 0 Å². The third kappa shape index (κ3) is 5.14. The molecule has 3 rings (SSSR count). The summed E-state index contributed by atoms with van der Waals surface area (Å²) in [7, 11) is 0. The van der Waals surface area contributed by atoms with E-state index >= 15 is 0 Å². The molecule has 1 heterocycles. The highest BCUT2D eigenvalue weighted by atomic mass is 32.2. The number of rotatable bonds is 8. The highest BCUT2D eigenvalue weighted by Crippen LogP contribution is 2.27. The summed E-state index contributed by atoms with van der Waals surface area (Å²) in [6.45, 7) is 7.46. The molecular formula is C22H25N3OS2. The highest BCUT2D eigenvalue weighted by molar-refractivity contribution is 7.98. The molecule has 0 saturated heterocycles. The van der Waals surface area contributed by atoms with Gasteiger partial charge >= 0.3 is 0 Å². The van der Waals surface area contributed by atoms with Crippen LogP contribution in [0.2, 0.25) is 0 Å². The quantitative estimate of drug-likeness (QED) is 0.467. The van der Waals surface area contributed by atoms with E-state index in [0.717, 1.165) is 34.3 Å².